The number of rotatable bonds is 2. The molecule has 44 valence electrons. The summed E-state index contributed by atoms with van der Waals surface area (Å²) in [5, 5.41) is 3.05. The van der Waals surface area contributed by atoms with Crippen LogP contribution in [0.1, 0.15) is 13.3 Å². The second-order valence-electron chi connectivity index (χ2n) is 1.83. The van der Waals surface area contributed by atoms with Crippen LogP contribution in [0.3, 0.4) is 0 Å². The molecule has 0 atom stereocenters. The van der Waals surface area contributed by atoms with Gasteiger partial charge in [0.2, 0.25) is 0 Å². The monoisotopic (exact) mass is 111 g/mol. The van der Waals surface area contributed by atoms with Crippen molar-refractivity contribution in [3.8, 4) is 0 Å². The van der Waals surface area contributed by atoms with E-state index in [4.69, 9.17) is 0 Å². The second kappa shape index (κ2) is 2.50. The minimum atomic E-state index is 1.09. The molecule has 0 aliphatic heterocycles. The molecular weight excluding hydrogens is 100 g/mol. The van der Waals surface area contributed by atoms with Crippen LogP contribution in [-0.4, -0.2) is 5.10 Å². The van der Waals surface area contributed by atoms with Gasteiger partial charge in [-0.25, -0.2) is 0 Å². The molecule has 0 spiro atoms. The molecular formula is C6H11N2+. The minimum Gasteiger partial charge on any atom is -0.173 e. The van der Waals surface area contributed by atoms with Crippen LogP contribution in [0, 0.1) is 0 Å². The van der Waals surface area contributed by atoms with Gasteiger partial charge in [0.15, 0.2) is 12.7 Å². The van der Waals surface area contributed by atoms with Crippen LogP contribution in [-0.2, 0) is 6.54 Å². The lowest BCUT2D eigenvalue weighted by molar-refractivity contribution is -0.750. The topological polar surface area (TPSA) is 19.7 Å². The standard InChI is InChI=1S/C6H10N2/c1-2-5-8-6-3-4-7-8/h3-4,6H,2,5H2,1H3/p+1. The van der Waals surface area contributed by atoms with Crippen molar-refractivity contribution < 1.29 is 4.68 Å². The van der Waals surface area contributed by atoms with Gasteiger partial charge in [0.25, 0.3) is 0 Å². The van der Waals surface area contributed by atoms with Crippen molar-refractivity contribution >= 4 is 0 Å². The maximum Gasteiger partial charge on any atom is 0.195 e. The molecule has 0 aliphatic rings. The lowest BCUT2D eigenvalue weighted by Gasteiger charge is -1.82. The third kappa shape index (κ3) is 1.09. The van der Waals surface area contributed by atoms with Gasteiger partial charge < -0.3 is 0 Å². The van der Waals surface area contributed by atoms with E-state index in [1.807, 2.05) is 18.5 Å². The summed E-state index contributed by atoms with van der Waals surface area (Å²) in [5.41, 5.74) is 0. The van der Waals surface area contributed by atoms with E-state index in [0.29, 0.717) is 0 Å². The van der Waals surface area contributed by atoms with E-state index in [0.717, 1.165) is 6.54 Å². The summed E-state index contributed by atoms with van der Waals surface area (Å²) in [7, 11) is 0. The van der Waals surface area contributed by atoms with Crippen molar-refractivity contribution in [1.29, 1.82) is 0 Å². The van der Waals surface area contributed by atoms with Gasteiger partial charge in [0.1, 0.15) is 0 Å². The van der Waals surface area contributed by atoms with Gasteiger partial charge in [-0.2, -0.15) is 5.10 Å². The molecule has 0 bridgehead atoms. The molecule has 0 saturated carbocycles. The third-order valence-corrected chi connectivity index (χ3v) is 1.07. The zero-order chi connectivity index (χ0) is 5.82. The summed E-state index contributed by atoms with van der Waals surface area (Å²) >= 11 is 0. The molecule has 1 N–H and O–H groups in total. The fourth-order valence-corrected chi connectivity index (χ4v) is 0.709. The average molecular weight is 111 g/mol. The lowest BCUT2D eigenvalue weighted by Crippen LogP contribution is -2.33. The molecule has 2 heteroatoms. The Balaban J connectivity index is 2.50. The average Bonchev–Trinajstić information content (AvgIpc) is 2.19. The van der Waals surface area contributed by atoms with Crippen molar-refractivity contribution in [1.82, 2.24) is 5.10 Å². The first-order valence-corrected chi connectivity index (χ1v) is 2.96. The number of H-pyrrole nitrogens is 1. The summed E-state index contributed by atoms with van der Waals surface area (Å²) < 4.78 is 2.06. The highest BCUT2D eigenvalue weighted by atomic mass is 15.3. The van der Waals surface area contributed by atoms with E-state index in [1.165, 1.54) is 6.42 Å². The highest BCUT2D eigenvalue weighted by Gasteiger charge is 1.92. The fraction of sp³-hybridized carbons (Fsp3) is 0.500. The summed E-state index contributed by atoms with van der Waals surface area (Å²) in [6.07, 6.45) is 5.14. The van der Waals surface area contributed by atoms with Crippen LogP contribution < -0.4 is 4.68 Å². The van der Waals surface area contributed by atoms with Gasteiger partial charge >= 0.3 is 0 Å². The zero-order valence-corrected chi connectivity index (χ0v) is 5.09. The number of aromatic amines is 1. The normalized spacial score (nSPS) is 9.62. The number of hydrogen-bond acceptors (Lipinski definition) is 0. The molecule has 1 heterocycles. The second-order valence-corrected chi connectivity index (χ2v) is 1.83. The first kappa shape index (κ1) is 5.35. The molecule has 0 amide bonds. The van der Waals surface area contributed by atoms with E-state index in [-0.39, 0.29) is 0 Å². The highest BCUT2D eigenvalue weighted by molar-refractivity contribution is 4.66. The van der Waals surface area contributed by atoms with Crippen molar-refractivity contribution in [2.45, 2.75) is 19.9 Å². The Morgan fingerprint density at radius 3 is 3.00 bits per heavy atom. The Labute approximate surface area is 49.1 Å². The van der Waals surface area contributed by atoms with Crippen LogP contribution >= 0.6 is 0 Å². The molecule has 8 heavy (non-hydrogen) atoms. The molecule has 0 radical (unpaired) electrons. The van der Waals surface area contributed by atoms with Crippen molar-refractivity contribution in [2.75, 3.05) is 0 Å². The Bertz CT molecular complexity index is 132. The Hall–Kier alpha value is -0.790. The Kier molecular flexibility index (Phi) is 1.67. The summed E-state index contributed by atoms with van der Waals surface area (Å²) in [4.78, 5) is 0. The predicted molar refractivity (Wildman–Crippen MR) is 31.3 cm³/mol. The molecule has 0 saturated heterocycles. The number of nitrogens with one attached hydrogen (secondary N) is 1. The number of hydrogen-bond donors (Lipinski definition) is 1. The number of aryl methyl sites for hydroxylation is 1. The molecule has 1 rings (SSSR count). The van der Waals surface area contributed by atoms with Gasteiger partial charge in [-0.1, -0.05) is 6.92 Å². The van der Waals surface area contributed by atoms with Crippen molar-refractivity contribution in [2.24, 2.45) is 0 Å². The van der Waals surface area contributed by atoms with E-state index >= 15 is 0 Å². The van der Waals surface area contributed by atoms with Crippen LogP contribution in [0.5, 0.6) is 0 Å². The predicted octanol–water partition coefficient (Wildman–Crippen LogP) is 0.712. The first-order chi connectivity index (χ1) is 3.93. The van der Waals surface area contributed by atoms with Gasteiger partial charge in [-0.15, -0.1) is 4.68 Å². The Morgan fingerprint density at radius 2 is 2.50 bits per heavy atom. The van der Waals surface area contributed by atoms with E-state index in [2.05, 4.69) is 16.7 Å². The molecule has 0 unspecified atom stereocenters. The minimum absolute atomic E-state index is 1.09. The van der Waals surface area contributed by atoms with Crippen LogP contribution in [0.4, 0.5) is 0 Å². The number of aromatic nitrogens is 2. The smallest absolute Gasteiger partial charge is 0.173 e. The molecule has 1 aromatic heterocycles. The third-order valence-electron chi connectivity index (χ3n) is 1.07. The zero-order valence-electron chi connectivity index (χ0n) is 5.09. The quantitative estimate of drug-likeness (QED) is 0.542. The van der Waals surface area contributed by atoms with Gasteiger partial charge in [0, 0.05) is 12.5 Å². The van der Waals surface area contributed by atoms with Crippen molar-refractivity contribution in [3.63, 3.8) is 0 Å². The van der Waals surface area contributed by atoms with E-state index < -0.39 is 0 Å². The van der Waals surface area contributed by atoms with Gasteiger partial charge in [0.05, 0.1) is 6.20 Å². The molecule has 2 nitrogen and oxygen atoms in total. The lowest BCUT2D eigenvalue weighted by atomic mass is 10.5. The summed E-state index contributed by atoms with van der Waals surface area (Å²) in [5.74, 6) is 0. The summed E-state index contributed by atoms with van der Waals surface area (Å²) in [6, 6.07) is 2.00. The molecule has 1 aromatic rings. The van der Waals surface area contributed by atoms with E-state index in [1.54, 1.807) is 0 Å². The van der Waals surface area contributed by atoms with Crippen LogP contribution in [0.25, 0.3) is 0 Å². The van der Waals surface area contributed by atoms with Crippen LogP contribution in [0.15, 0.2) is 18.5 Å². The molecule has 0 aliphatic carbocycles. The maximum absolute atomic E-state index is 3.05. The van der Waals surface area contributed by atoms with Crippen LogP contribution in [0.2, 0.25) is 0 Å². The fourth-order valence-electron chi connectivity index (χ4n) is 0.709. The van der Waals surface area contributed by atoms with E-state index in [9.17, 15) is 0 Å². The molecule has 0 aromatic carbocycles. The summed E-state index contributed by atoms with van der Waals surface area (Å²) in [6.45, 7) is 3.25. The largest absolute Gasteiger partial charge is 0.195 e. The van der Waals surface area contributed by atoms with Gasteiger partial charge in [-0.3, -0.25) is 0 Å². The highest BCUT2D eigenvalue weighted by Crippen LogP contribution is 1.74. The maximum atomic E-state index is 3.05. The first-order valence-electron chi connectivity index (χ1n) is 2.96. The Morgan fingerprint density at radius 1 is 1.62 bits per heavy atom. The number of nitrogens with zero attached hydrogens (tertiary/aromatic N) is 1. The molecule has 0 fully saturated rings. The van der Waals surface area contributed by atoms with Crippen molar-refractivity contribution in [3.05, 3.63) is 18.5 Å². The SMILES string of the molecule is CCC[n+]1ccc[nH]1. The van der Waals surface area contributed by atoms with Gasteiger partial charge in [-0.05, 0) is 0 Å².